The first-order valence-electron chi connectivity index (χ1n) is 10.1. The molecule has 1 heterocycles. The van der Waals surface area contributed by atoms with Crippen molar-refractivity contribution in [2.75, 3.05) is 26.6 Å². The van der Waals surface area contributed by atoms with Crippen LogP contribution in [-0.2, 0) is 0 Å². The lowest BCUT2D eigenvalue weighted by atomic mass is 10.0. The van der Waals surface area contributed by atoms with Crippen molar-refractivity contribution in [3.05, 3.63) is 77.9 Å². The van der Waals surface area contributed by atoms with Crippen LogP contribution in [0.25, 0.3) is 22.2 Å². The van der Waals surface area contributed by atoms with Crippen molar-refractivity contribution in [3.8, 4) is 28.5 Å². The van der Waals surface area contributed by atoms with Crippen LogP contribution < -0.4 is 19.5 Å². The predicted octanol–water partition coefficient (Wildman–Crippen LogP) is 5.49. The Morgan fingerprint density at radius 2 is 1.59 bits per heavy atom. The Kier molecular flexibility index (Phi) is 5.94. The van der Waals surface area contributed by atoms with E-state index >= 15 is 0 Å². The number of carbonyl (C=O) groups excluding carboxylic acids is 1. The molecule has 0 aliphatic carbocycles. The largest absolute Gasteiger partial charge is 0.493 e. The Morgan fingerprint density at radius 1 is 0.844 bits per heavy atom. The fourth-order valence-corrected chi connectivity index (χ4v) is 3.67. The molecule has 0 fully saturated rings. The number of amides is 1. The third-order valence-corrected chi connectivity index (χ3v) is 5.23. The Bertz CT molecular complexity index is 1290. The lowest BCUT2D eigenvalue weighted by molar-refractivity contribution is 0.102. The molecule has 4 rings (SSSR count). The van der Waals surface area contributed by atoms with E-state index in [1.165, 1.54) is 14.2 Å². The molecule has 162 valence electrons. The van der Waals surface area contributed by atoms with Crippen LogP contribution in [-0.4, -0.2) is 32.2 Å². The molecule has 1 N–H and O–H groups in total. The molecule has 6 heteroatoms. The summed E-state index contributed by atoms with van der Waals surface area (Å²) in [6.07, 6.45) is 0. The number of nitrogens with zero attached hydrogens (tertiary/aromatic N) is 1. The summed E-state index contributed by atoms with van der Waals surface area (Å²) in [6, 6.07) is 21.0. The van der Waals surface area contributed by atoms with Crippen LogP contribution >= 0.6 is 0 Å². The summed E-state index contributed by atoms with van der Waals surface area (Å²) in [5.74, 6) is 1.04. The smallest absolute Gasteiger partial charge is 0.256 e. The molecule has 32 heavy (non-hydrogen) atoms. The van der Waals surface area contributed by atoms with Gasteiger partial charge in [0.15, 0.2) is 11.5 Å². The number of rotatable bonds is 6. The van der Waals surface area contributed by atoms with Gasteiger partial charge in [-0.05, 0) is 37.3 Å². The van der Waals surface area contributed by atoms with Gasteiger partial charge in [-0.2, -0.15) is 0 Å². The van der Waals surface area contributed by atoms with Crippen molar-refractivity contribution in [1.82, 2.24) is 4.98 Å². The number of ether oxygens (including phenoxy) is 3. The molecule has 0 unspecified atom stereocenters. The number of benzene rings is 3. The summed E-state index contributed by atoms with van der Waals surface area (Å²) in [4.78, 5) is 18.3. The highest BCUT2D eigenvalue weighted by Gasteiger charge is 2.20. The van der Waals surface area contributed by atoms with Crippen LogP contribution in [0, 0.1) is 6.92 Å². The van der Waals surface area contributed by atoms with Crippen molar-refractivity contribution in [3.63, 3.8) is 0 Å². The van der Waals surface area contributed by atoms with Crippen LogP contribution in [0.4, 0.5) is 5.69 Å². The van der Waals surface area contributed by atoms with E-state index in [0.29, 0.717) is 28.5 Å². The van der Waals surface area contributed by atoms with Gasteiger partial charge in [-0.15, -0.1) is 0 Å². The van der Waals surface area contributed by atoms with Gasteiger partial charge in [0.2, 0.25) is 5.75 Å². The summed E-state index contributed by atoms with van der Waals surface area (Å²) in [7, 11) is 4.59. The molecule has 0 spiro atoms. The van der Waals surface area contributed by atoms with E-state index in [1.54, 1.807) is 19.2 Å². The minimum atomic E-state index is -0.272. The highest BCUT2D eigenvalue weighted by atomic mass is 16.5. The second-order valence-electron chi connectivity index (χ2n) is 7.28. The van der Waals surface area contributed by atoms with Gasteiger partial charge in [0.25, 0.3) is 5.91 Å². The SMILES string of the molecule is COc1ccc(NC(=O)c2cc(-c3ccccc3)nc3ccc(C)cc23)c(OC)c1OC. The van der Waals surface area contributed by atoms with Gasteiger partial charge in [-0.3, -0.25) is 4.79 Å². The number of hydrogen-bond donors (Lipinski definition) is 1. The highest BCUT2D eigenvalue weighted by Crippen LogP contribution is 2.42. The fraction of sp³-hybridized carbons (Fsp3) is 0.154. The van der Waals surface area contributed by atoms with E-state index in [0.717, 1.165) is 27.7 Å². The van der Waals surface area contributed by atoms with Gasteiger partial charge in [0.05, 0.1) is 43.8 Å². The fourth-order valence-electron chi connectivity index (χ4n) is 3.67. The number of carbonyl (C=O) groups is 1. The van der Waals surface area contributed by atoms with E-state index in [4.69, 9.17) is 19.2 Å². The van der Waals surface area contributed by atoms with Gasteiger partial charge in [-0.1, -0.05) is 42.0 Å². The maximum atomic E-state index is 13.5. The summed E-state index contributed by atoms with van der Waals surface area (Å²) in [6.45, 7) is 1.99. The highest BCUT2D eigenvalue weighted by molar-refractivity contribution is 6.13. The summed E-state index contributed by atoms with van der Waals surface area (Å²) < 4.78 is 16.3. The number of aromatic nitrogens is 1. The summed E-state index contributed by atoms with van der Waals surface area (Å²) in [5.41, 5.74) is 4.47. The molecule has 3 aromatic carbocycles. The number of pyridine rings is 1. The molecule has 1 amide bonds. The monoisotopic (exact) mass is 428 g/mol. The third-order valence-electron chi connectivity index (χ3n) is 5.23. The zero-order valence-electron chi connectivity index (χ0n) is 18.4. The normalized spacial score (nSPS) is 10.6. The average Bonchev–Trinajstić information content (AvgIpc) is 2.83. The quantitative estimate of drug-likeness (QED) is 0.440. The van der Waals surface area contributed by atoms with Gasteiger partial charge in [-0.25, -0.2) is 4.98 Å². The lowest BCUT2D eigenvalue weighted by Crippen LogP contribution is -2.14. The molecule has 1 aromatic heterocycles. The number of anilines is 1. The molecular weight excluding hydrogens is 404 g/mol. The zero-order chi connectivity index (χ0) is 22.7. The van der Waals surface area contributed by atoms with E-state index in [9.17, 15) is 4.79 Å². The maximum absolute atomic E-state index is 13.5. The van der Waals surface area contributed by atoms with E-state index in [2.05, 4.69) is 5.32 Å². The molecule has 4 aromatic rings. The van der Waals surface area contributed by atoms with Crippen LogP contribution in [0.1, 0.15) is 15.9 Å². The van der Waals surface area contributed by atoms with E-state index in [-0.39, 0.29) is 5.91 Å². The summed E-state index contributed by atoms with van der Waals surface area (Å²) >= 11 is 0. The molecule has 0 saturated carbocycles. The van der Waals surface area contributed by atoms with Gasteiger partial charge >= 0.3 is 0 Å². The van der Waals surface area contributed by atoms with Crippen molar-refractivity contribution in [2.45, 2.75) is 6.92 Å². The summed E-state index contributed by atoms with van der Waals surface area (Å²) in [5, 5.41) is 3.75. The number of methoxy groups -OCH3 is 3. The molecule has 0 atom stereocenters. The molecule has 6 nitrogen and oxygen atoms in total. The van der Waals surface area contributed by atoms with Gasteiger partial charge in [0.1, 0.15) is 0 Å². The molecule has 0 aliphatic heterocycles. The number of fused-ring (bicyclic) bond motifs is 1. The van der Waals surface area contributed by atoms with Crippen molar-refractivity contribution in [1.29, 1.82) is 0 Å². The number of hydrogen-bond acceptors (Lipinski definition) is 5. The maximum Gasteiger partial charge on any atom is 0.256 e. The van der Waals surface area contributed by atoms with Crippen LogP contribution in [0.3, 0.4) is 0 Å². The minimum absolute atomic E-state index is 0.272. The number of nitrogens with one attached hydrogen (secondary N) is 1. The first-order valence-corrected chi connectivity index (χ1v) is 10.1. The Labute approximate surface area is 186 Å². The van der Waals surface area contributed by atoms with E-state index < -0.39 is 0 Å². The van der Waals surface area contributed by atoms with E-state index in [1.807, 2.05) is 61.5 Å². The topological polar surface area (TPSA) is 69.7 Å². The Hall–Kier alpha value is -4.06. The van der Waals surface area contributed by atoms with Crippen molar-refractivity contribution in [2.24, 2.45) is 0 Å². The molecular formula is C26H24N2O4. The van der Waals surface area contributed by atoms with Crippen LogP contribution in [0.5, 0.6) is 17.2 Å². The van der Waals surface area contributed by atoms with Crippen LogP contribution in [0.15, 0.2) is 66.7 Å². The standard InChI is InChI=1S/C26H24N2O4/c1-16-10-11-20-18(14-16)19(15-22(27-20)17-8-6-5-7-9-17)26(29)28-21-12-13-23(30-2)25(32-4)24(21)31-3/h5-15H,1-4H3,(H,28,29). The first kappa shape index (κ1) is 21.2. The second-order valence-corrected chi connectivity index (χ2v) is 7.28. The second kappa shape index (κ2) is 8.98. The lowest BCUT2D eigenvalue weighted by Gasteiger charge is -2.17. The van der Waals surface area contributed by atoms with Gasteiger partial charge < -0.3 is 19.5 Å². The third kappa shape index (κ3) is 3.95. The molecule has 0 saturated heterocycles. The average molecular weight is 428 g/mol. The predicted molar refractivity (Wildman–Crippen MR) is 126 cm³/mol. The molecule has 0 bridgehead atoms. The first-order chi connectivity index (χ1) is 15.5. The Morgan fingerprint density at radius 3 is 2.28 bits per heavy atom. The molecule has 0 radical (unpaired) electrons. The Balaban J connectivity index is 1.83. The molecule has 0 aliphatic rings. The van der Waals surface area contributed by atoms with Gasteiger partial charge in [0, 0.05) is 10.9 Å². The van der Waals surface area contributed by atoms with Crippen LogP contribution in [0.2, 0.25) is 0 Å². The zero-order valence-corrected chi connectivity index (χ0v) is 18.4. The number of aryl methyl sites for hydroxylation is 1. The van der Waals surface area contributed by atoms with Crippen molar-refractivity contribution >= 4 is 22.5 Å². The minimum Gasteiger partial charge on any atom is -0.493 e. The van der Waals surface area contributed by atoms with Crippen molar-refractivity contribution < 1.29 is 19.0 Å².